The first-order valence-corrected chi connectivity index (χ1v) is 3.73. The van der Waals surface area contributed by atoms with Gasteiger partial charge in [0, 0.05) is 0 Å². The van der Waals surface area contributed by atoms with E-state index < -0.39 is 0 Å². The Balaban J connectivity index is 1.83. The molecule has 0 aliphatic heterocycles. The van der Waals surface area contributed by atoms with Gasteiger partial charge < -0.3 is 10.4 Å². The summed E-state index contributed by atoms with van der Waals surface area (Å²) < 4.78 is 0. The molecule has 54 valence electrons. The summed E-state index contributed by atoms with van der Waals surface area (Å²) in [6.07, 6.45) is 2.21. The van der Waals surface area contributed by atoms with Crippen molar-refractivity contribution < 1.29 is 5.11 Å². The van der Waals surface area contributed by atoms with Gasteiger partial charge in [0.05, 0.1) is 6.10 Å². The first-order valence-electron chi connectivity index (χ1n) is 3.73. The predicted molar refractivity (Wildman–Crippen MR) is 37.3 cm³/mol. The lowest BCUT2D eigenvalue weighted by Crippen LogP contribution is -2.14. The monoisotopic (exact) mass is 129 g/mol. The minimum Gasteiger partial charge on any atom is -0.393 e. The number of aliphatic hydroxyl groups is 1. The highest BCUT2D eigenvalue weighted by atomic mass is 16.3. The zero-order valence-electron chi connectivity index (χ0n) is 5.93. The van der Waals surface area contributed by atoms with Crippen LogP contribution in [0, 0.1) is 5.92 Å². The van der Waals surface area contributed by atoms with Gasteiger partial charge >= 0.3 is 0 Å². The lowest BCUT2D eigenvalue weighted by molar-refractivity contribution is 0.256. The molecular formula is C7H15NO. The summed E-state index contributed by atoms with van der Waals surface area (Å²) >= 11 is 0. The quantitative estimate of drug-likeness (QED) is 0.537. The number of hydrogen-bond acceptors (Lipinski definition) is 2. The van der Waals surface area contributed by atoms with Crippen molar-refractivity contribution in [2.45, 2.75) is 25.9 Å². The molecule has 2 heteroatoms. The molecule has 0 heterocycles. The van der Waals surface area contributed by atoms with Gasteiger partial charge in [0.1, 0.15) is 0 Å². The standard InChI is InChI=1S/C7H15NO/c1-2-8-4-3-6-5-7(6)9/h6-9H,2-5H2,1H3. The smallest absolute Gasteiger partial charge is 0.0573 e. The molecule has 2 unspecified atom stereocenters. The molecule has 2 nitrogen and oxygen atoms in total. The molecule has 1 aliphatic rings. The Labute approximate surface area is 56.3 Å². The first-order chi connectivity index (χ1) is 4.34. The highest BCUT2D eigenvalue weighted by molar-refractivity contribution is 4.85. The van der Waals surface area contributed by atoms with E-state index in [1.807, 2.05) is 0 Å². The normalized spacial score (nSPS) is 32.7. The molecule has 0 spiro atoms. The van der Waals surface area contributed by atoms with Gasteiger partial charge in [-0.05, 0) is 31.8 Å². The van der Waals surface area contributed by atoms with E-state index in [4.69, 9.17) is 5.11 Å². The highest BCUT2D eigenvalue weighted by Crippen LogP contribution is 2.32. The summed E-state index contributed by atoms with van der Waals surface area (Å²) in [6.45, 7) is 4.21. The van der Waals surface area contributed by atoms with Gasteiger partial charge in [-0.1, -0.05) is 6.92 Å². The van der Waals surface area contributed by atoms with Crippen LogP contribution < -0.4 is 5.32 Å². The van der Waals surface area contributed by atoms with E-state index in [0.717, 1.165) is 25.9 Å². The molecular weight excluding hydrogens is 114 g/mol. The Hall–Kier alpha value is -0.0800. The fourth-order valence-electron chi connectivity index (χ4n) is 1.01. The van der Waals surface area contributed by atoms with E-state index in [9.17, 15) is 0 Å². The Bertz CT molecular complexity index is 85.0. The van der Waals surface area contributed by atoms with Crippen LogP contribution in [0.4, 0.5) is 0 Å². The molecule has 2 atom stereocenters. The lowest BCUT2D eigenvalue weighted by atomic mass is 10.3. The molecule has 9 heavy (non-hydrogen) atoms. The summed E-state index contributed by atoms with van der Waals surface area (Å²) in [4.78, 5) is 0. The average Bonchev–Trinajstić information content (AvgIpc) is 2.48. The summed E-state index contributed by atoms with van der Waals surface area (Å²) in [7, 11) is 0. The van der Waals surface area contributed by atoms with E-state index >= 15 is 0 Å². The van der Waals surface area contributed by atoms with Crippen molar-refractivity contribution in [2.24, 2.45) is 5.92 Å². The minimum absolute atomic E-state index is 0.0312. The van der Waals surface area contributed by atoms with Crippen LogP contribution in [0.2, 0.25) is 0 Å². The zero-order chi connectivity index (χ0) is 6.69. The van der Waals surface area contributed by atoms with Gasteiger partial charge in [-0.2, -0.15) is 0 Å². The Kier molecular flexibility index (Phi) is 2.49. The maximum atomic E-state index is 8.90. The average molecular weight is 129 g/mol. The first kappa shape index (κ1) is 7.03. The summed E-state index contributed by atoms with van der Waals surface area (Å²) in [6, 6.07) is 0. The van der Waals surface area contributed by atoms with Gasteiger partial charge in [0.15, 0.2) is 0 Å². The maximum Gasteiger partial charge on any atom is 0.0573 e. The Morgan fingerprint density at radius 3 is 2.78 bits per heavy atom. The Morgan fingerprint density at radius 1 is 1.67 bits per heavy atom. The van der Waals surface area contributed by atoms with E-state index in [1.54, 1.807) is 0 Å². The Morgan fingerprint density at radius 2 is 2.33 bits per heavy atom. The van der Waals surface area contributed by atoms with Crippen LogP contribution in [-0.4, -0.2) is 24.3 Å². The molecule has 0 radical (unpaired) electrons. The van der Waals surface area contributed by atoms with Crippen molar-refractivity contribution >= 4 is 0 Å². The summed E-state index contributed by atoms with van der Waals surface area (Å²) in [5, 5.41) is 12.1. The maximum absolute atomic E-state index is 8.90. The predicted octanol–water partition coefficient (Wildman–Crippen LogP) is 0.367. The third-order valence-electron chi connectivity index (χ3n) is 1.83. The van der Waals surface area contributed by atoms with Gasteiger partial charge in [-0.3, -0.25) is 0 Å². The molecule has 0 saturated heterocycles. The van der Waals surface area contributed by atoms with Crippen molar-refractivity contribution in [2.75, 3.05) is 13.1 Å². The molecule has 0 bridgehead atoms. The molecule has 0 aromatic carbocycles. The second-order valence-corrected chi connectivity index (χ2v) is 2.71. The van der Waals surface area contributed by atoms with E-state index in [1.165, 1.54) is 0 Å². The van der Waals surface area contributed by atoms with Gasteiger partial charge in [-0.25, -0.2) is 0 Å². The third-order valence-corrected chi connectivity index (χ3v) is 1.83. The van der Waals surface area contributed by atoms with Crippen LogP contribution in [0.25, 0.3) is 0 Å². The second-order valence-electron chi connectivity index (χ2n) is 2.71. The molecule has 1 fully saturated rings. The van der Waals surface area contributed by atoms with Crippen LogP contribution in [0.1, 0.15) is 19.8 Å². The van der Waals surface area contributed by atoms with Crippen LogP contribution in [0.3, 0.4) is 0 Å². The fraction of sp³-hybridized carbons (Fsp3) is 1.00. The van der Waals surface area contributed by atoms with E-state index in [0.29, 0.717) is 5.92 Å². The number of aliphatic hydroxyl groups excluding tert-OH is 1. The molecule has 2 N–H and O–H groups in total. The number of nitrogens with one attached hydrogen (secondary N) is 1. The fourth-order valence-corrected chi connectivity index (χ4v) is 1.01. The molecule has 1 saturated carbocycles. The topological polar surface area (TPSA) is 32.3 Å². The molecule has 0 aromatic heterocycles. The van der Waals surface area contributed by atoms with Crippen molar-refractivity contribution in [3.63, 3.8) is 0 Å². The van der Waals surface area contributed by atoms with Crippen LogP contribution in [0.15, 0.2) is 0 Å². The molecule has 1 rings (SSSR count). The summed E-state index contributed by atoms with van der Waals surface area (Å²) in [5.74, 6) is 0.615. The van der Waals surface area contributed by atoms with Crippen LogP contribution >= 0.6 is 0 Å². The van der Waals surface area contributed by atoms with Gasteiger partial charge in [0.25, 0.3) is 0 Å². The summed E-state index contributed by atoms with van der Waals surface area (Å²) in [5.41, 5.74) is 0. The zero-order valence-corrected chi connectivity index (χ0v) is 5.93. The number of hydrogen-bond donors (Lipinski definition) is 2. The van der Waals surface area contributed by atoms with Crippen LogP contribution in [-0.2, 0) is 0 Å². The minimum atomic E-state index is 0.0312. The van der Waals surface area contributed by atoms with E-state index in [-0.39, 0.29) is 6.10 Å². The number of rotatable bonds is 4. The largest absolute Gasteiger partial charge is 0.393 e. The second kappa shape index (κ2) is 3.18. The van der Waals surface area contributed by atoms with Crippen molar-refractivity contribution in [3.05, 3.63) is 0 Å². The van der Waals surface area contributed by atoms with Crippen LogP contribution in [0.5, 0.6) is 0 Å². The molecule has 0 amide bonds. The van der Waals surface area contributed by atoms with Crippen molar-refractivity contribution in [1.29, 1.82) is 0 Å². The van der Waals surface area contributed by atoms with Gasteiger partial charge in [0.2, 0.25) is 0 Å². The molecule has 0 aromatic rings. The van der Waals surface area contributed by atoms with E-state index in [2.05, 4.69) is 12.2 Å². The molecule has 1 aliphatic carbocycles. The highest BCUT2D eigenvalue weighted by Gasteiger charge is 2.33. The van der Waals surface area contributed by atoms with Crippen molar-refractivity contribution in [1.82, 2.24) is 5.32 Å². The van der Waals surface area contributed by atoms with Gasteiger partial charge in [-0.15, -0.1) is 0 Å². The SMILES string of the molecule is CCNCCC1CC1O. The lowest BCUT2D eigenvalue weighted by Gasteiger charge is -1.97. The van der Waals surface area contributed by atoms with Crippen molar-refractivity contribution in [3.8, 4) is 0 Å². The third kappa shape index (κ3) is 2.33.